The average molecular weight is 352 g/mol. The van der Waals surface area contributed by atoms with Crippen molar-refractivity contribution < 1.29 is 9.59 Å². The number of likely N-dealkylation sites (N-methyl/N-ethyl adjacent to an activating group) is 1. The average Bonchev–Trinajstić information content (AvgIpc) is 3.10. The summed E-state index contributed by atoms with van der Waals surface area (Å²) < 4.78 is 1.99. The zero-order valence-electron chi connectivity index (χ0n) is 15.3. The maximum atomic E-state index is 12.5. The molecule has 1 saturated carbocycles. The molecule has 4 rings (SSSR count). The van der Waals surface area contributed by atoms with Gasteiger partial charge < -0.3 is 14.8 Å². The maximum absolute atomic E-state index is 12.5. The summed E-state index contributed by atoms with van der Waals surface area (Å²) in [6, 6.07) is 8.11. The predicted octanol–water partition coefficient (Wildman–Crippen LogP) is 2.29. The number of imidazole rings is 1. The largest absolute Gasteiger partial charge is 0.349 e. The number of carbonyl (C=O) groups excluding carboxylic acids is 2. The van der Waals surface area contributed by atoms with Gasteiger partial charge in [0.25, 0.3) is 5.91 Å². The first kappa shape index (κ1) is 16.8. The number of benzene rings is 1. The van der Waals surface area contributed by atoms with E-state index in [1.54, 1.807) is 0 Å². The second-order valence-corrected chi connectivity index (χ2v) is 7.21. The van der Waals surface area contributed by atoms with E-state index in [4.69, 9.17) is 0 Å². The van der Waals surface area contributed by atoms with Gasteiger partial charge in [0.15, 0.2) is 0 Å². The highest BCUT2D eigenvalue weighted by Crippen LogP contribution is 2.36. The monoisotopic (exact) mass is 352 g/mol. The van der Waals surface area contributed by atoms with E-state index >= 15 is 0 Å². The van der Waals surface area contributed by atoms with Gasteiger partial charge in [0.2, 0.25) is 5.91 Å². The molecule has 0 radical (unpaired) electrons. The van der Waals surface area contributed by atoms with Crippen molar-refractivity contribution in [3.8, 4) is 0 Å². The zero-order chi connectivity index (χ0) is 18.3. The second-order valence-electron chi connectivity index (χ2n) is 7.21. The van der Waals surface area contributed by atoms with Crippen molar-refractivity contribution in [3.05, 3.63) is 41.2 Å². The smallest absolute Gasteiger partial charge is 0.250 e. The van der Waals surface area contributed by atoms with Gasteiger partial charge in [-0.3, -0.25) is 9.59 Å². The molecule has 0 bridgehead atoms. The van der Waals surface area contributed by atoms with Crippen LogP contribution in [0.25, 0.3) is 11.0 Å². The van der Waals surface area contributed by atoms with E-state index in [1.807, 2.05) is 47.8 Å². The fourth-order valence-corrected chi connectivity index (χ4v) is 4.21. The van der Waals surface area contributed by atoms with E-state index in [9.17, 15) is 9.59 Å². The Bertz CT molecular complexity index is 912. The van der Waals surface area contributed by atoms with E-state index < -0.39 is 0 Å². The fraction of sp³-hybridized carbons (Fsp3) is 0.450. The number of aryl methyl sites for hydroxylation is 1. The SMILES string of the molecule is CN1C(=O)C(CC(=O)NCc2nc3ccccc3n2C)=C2CCCCC21. The molecule has 2 heterocycles. The number of nitrogens with one attached hydrogen (secondary N) is 1. The minimum absolute atomic E-state index is 0.0183. The molecule has 1 N–H and O–H groups in total. The Morgan fingerprint density at radius 3 is 2.88 bits per heavy atom. The Morgan fingerprint density at radius 1 is 1.27 bits per heavy atom. The summed E-state index contributed by atoms with van der Waals surface area (Å²) in [7, 11) is 3.80. The molecular weight excluding hydrogens is 328 g/mol. The zero-order valence-corrected chi connectivity index (χ0v) is 15.3. The van der Waals surface area contributed by atoms with Crippen LogP contribution < -0.4 is 5.32 Å². The topological polar surface area (TPSA) is 67.2 Å². The summed E-state index contributed by atoms with van der Waals surface area (Å²) in [5.41, 5.74) is 3.85. The number of para-hydroxylation sites is 2. The van der Waals surface area contributed by atoms with Gasteiger partial charge in [-0.25, -0.2) is 4.98 Å². The summed E-state index contributed by atoms with van der Waals surface area (Å²) in [6.45, 7) is 0.361. The quantitative estimate of drug-likeness (QED) is 0.918. The van der Waals surface area contributed by atoms with Crippen molar-refractivity contribution in [2.24, 2.45) is 7.05 Å². The molecule has 1 unspecified atom stereocenters. The molecule has 26 heavy (non-hydrogen) atoms. The molecule has 6 heteroatoms. The fourth-order valence-electron chi connectivity index (χ4n) is 4.21. The third-order valence-corrected chi connectivity index (χ3v) is 5.67. The highest BCUT2D eigenvalue weighted by Gasteiger charge is 2.38. The van der Waals surface area contributed by atoms with Crippen LogP contribution in [0.1, 0.15) is 37.9 Å². The van der Waals surface area contributed by atoms with Crippen LogP contribution in [0, 0.1) is 0 Å². The Balaban J connectivity index is 1.45. The van der Waals surface area contributed by atoms with Crippen molar-refractivity contribution in [2.45, 2.75) is 44.7 Å². The van der Waals surface area contributed by atoms with Crippen LogP contribution in [-0.4, -0.2) is 39.4 Å². The van der Waals surface area contributed by atoms with Gasteiger partial charge in [0.1, 0.15) is 5.82 Å². The molecule has 2 aliphatic rings. The van der Waals surface area contributed by atoms with Gasteiger partial charge in [0, 0.05) is 19.7 Å². The van der Waals surface area contributed by atoms with Crippen LogP contribution >= 0.6 is 0 Å². The number of aromatic nitrogens is 2. The van der Waals surface area contributed by atoms with Crippen LogP contribution in [0.5, 0.6) is 0 Å². The lowest BCUT2D eigenvalue weighted by Crippen LogP contribution is -2.33. The summed E-state index contributed by atoms with van der Waals surface area (Å²) in [5.74, 6) is 0.708. The van der Waals surface area contributed by atoms with Crippen molar-refractivity contribution in [2.75, 3.05) is 7.05 Å². The number of fused-ring (bicyclic) bond motifs is 2. The predicted molar refractivity (Wildman–Crippen MR) is 99.2 cm³/mol. The Morgan fingerprint density at radius 2 is 2.08 bits per heavy atom. The summed E-state index contributed by atoms with van der Waals surface area (Å²) in [5, 5.41) is 2.93. The lowest BCUT2D eigenvalue weighted by atomic mass is 9.88. The molecule has 2 amide bonds. The minimum Gasteiger partial charge on any atom is -0.349 e. The first-order chi connectivity index (χ1) is 12.6. The molecule has 0 saturated heterocycles. The van der Waals surface area contributed by atoms with Crippen molar-refractivity contribution >= 4 is 22.8 Å². The van der Waals surface area contributed by atoms with Gasteiger partial charge in [-0.05, 0) is 37.0 Å². The minimum atomic E-state index is -0.118. The normalized spacial score (nSPS) is 20.0. The molecule has 0 spiro atoms. The lowest BCUT2D eigenvalue weighted by molar-refractivity contribution is -0.128. The Labute approximate surface area is 152 Å². The highest BCUT2D eigenvalue weighted by atomic mass is 16.2. The number of rotatable bonds is 4. The molecule has 1 aliphatic carbocycles. The van der Waals surface area contributed by atoms with Crippen LogP contribution in [0.15, 0.2) is 35.4 Å². The molecule has 6 nitrogen and oxygen atoms in total. The summed E-state index contributed by atoms with van der Waals surface area (Å²) in [4.78, 5) is 31.4. The van der Waals surface area contributed by atoms with Crippen molar-refractivity contribution in [1.82, 2.24) is 19.8 Å². The molecular formula is C20H24N4O2. The van der Waals surface area contributed by atoms with E-state index in [-0.39, 0.29) is 24.3 Å². The molecule has 1 aromatic carbocycles. The van der Waals surface area contributed by atoms with Crippen LogP contribution in [0.3, 0.4) is 0 Å². The molecule has 2 aromatic rings. The van der Waals surface area contributed by atoms with Crippen LogP contribution in [-0.2, 0) is 23.2 Å². The summed E-state index contributed by atoms with van der Waals surface area (Å²) in [6.07, 6.45) is 4.38. The van der Waals surface area contributed by atoms with E-state index in [1.165, 1.54) is 5.57 Å². The standard InChI is InChI=1S/C20H24N4O2/c1-23-17-10-6-4-8-15(17)22-18(23)12-21-19(25)11-14-13-7-3-5-9-16(13)24(2)20(14)26/h4,6,8,10,16H,3,5,7,9,11-12H2,1-2H3,(H,21,25). The molecule has 136 valence electrons. The van der Waals surface area contributed by atoms with E-state index in [2.05, 4.69) is 10.3 Å². The first-order valence-electron chi connectivity index (χ1n) is 9.22. The van der Waals surface area contributed by atoms with Gasteiger partial charge in [-0.2, -0.15) is 0 Å². The number of hydrogen-bond donors (Lipinski definition) is 1. The van der Waals surface area contributed by atoms with Gasteiger partial charge >= 0.3 is 0 Å². The van der Waals surface area contributed by atoms with Crippen LogP contribution in [0.4, 0.5) is 0 Å². The first-order valence-corrected chi connectivity index (χ1v) is 9.22. The van der Waals surface area contributed by atoms with Crippen LogP contribution in [0.2, 0.25) is 0 Å². The molecule has 1 fully saturated rings. The highest BCUT2D eigenvalue weighted by molar-refractivity contribution is 6.02. The number of amides is 2. The second kappa shape index (κ2) is 6.59. The molecule has 1 atom stereocenters. The maximum Gasteiger partial charge on any atom is 0.250 e. The third kappa shape index (κ3) is 2.79. The summed E-state index contributed by atoms with van der Waals surface area (Å²) >= 11 is 0. The number of nitrogens with zero attached hydrogens (tertiary/aromatic N) is 3. The number of carbonyl (C=O) groups is 2. The van der Waals surface area contributed by atoms with Crippen molar-refractivity contribution in [3.63, 3.8) is 0 Å². The molecule has 1 aromatic heterocycles. The van der Waals surface area contributed by atoms with Gasteiger partial charge in [-0.1, -0.05) is 18.6 Å². The molecule has 1 aliphatic heterocycles. The number of hydrogen-bond acceptors (Lipinski definition) is 3. The van der Waals surface area contributed by atoms with Gasteiger partial charge in [-0.15, -0.1) is 0 Å². The van der Waals surface area contributed by atoms with E-state index in [0.717, 1.165) is 42.5 Å². The van der Waals surface area contributed by atoms with Gasteiger partial charge in [0.05, 0.1) is 30.0 Å². The Hall–Kier alpha value is -2.63. The van der Waals surface area contributed by atoms with Crippen molar-refractivity contribution in [1.29, 1.82) is 0 Å². The lowest BCUT2D eigenvalue weighted by Gasteiger charge is -2.26. The Kier molecular flexibility index (Phi) is 4.26. The van der Waals surface area contributed by atoms with E-state index in [0.29, 0.717) is 12.1 Å². The third-order valence-electron chi connectivity index (χ3n) is 5.67.